The summed E-state index contributed by atoms with van der Waals surface area (Å²) >= 11 is 6.31. The Morgan fingerprint density at radius 2 is 2.12 bits per heavy atom. The van der Waals surface area contributed by atoms with Gasteiger partial charge in [-0.15, -0.1) is 0 Å². The summed E-state index contributed by atoms with van der Waals surface area (Å²) in [5.41, 5.74) is 3.97. The van der Waals surface area contributed by atoms with Crippen LogP contribution in [0.2, 0.25) is 5.02 Å². The van der Waals surface area contributed by atoms with Crippen molar-refractivity contribution in [3.8, 4) is 0 Å². The molecule has 124 valence electrons. The standard InChI is InChI=1S/C19H20ClN3O/c1-13-12-21-7-8-23(13)19-22-17-11-16(20)10-15(18(17)24-19)9-14-5-3-2-4-6-14/h2-6,10-11,13,21H,7-9,12H2,1H3. The van der Waals surface area contributed by atoms with Crippen molar-refractivity contribution in [2.45, 2.75) is 19.4 Å². The number of aromatic nitrogens is 1. The molecule has 1 aliphatic heterocycles. The van der Waals surface area contributed by atoms with Crippen molar-refractivity contribution >= 4 is 28.7 Å². The maximum atomic E-state index is 6.31. The predicted octanol–water partition coefficient (Wildman–Crippen LogP) is 3.87. The van der Waals surface area contributed by atoms with E-state index in [1.54, 1.807) is 0 Å². The highest BCUT2D eigenvalue weighted by Crippen LogP contribution is 2.30. The summed E-state index contributed by atoms with van der Waals surface area (Å²) < 4.78 is 6.16. The third-order valence-electron chi connectivity index (χ3n) is 4.50. The number of nitrogens with one attached hydrogen (secondary N) is 1. The fourth-order valence-electron chi connectivity index (χ4n) is 3.25. The fraction of sp³-hybridized carbons (Fsp3) is 0.316. The molecule has 0 amide bonds. The molecule has 1 fully saturated rings. The molecule has 0 aliphatic carbocycles. The first-order chi connectivity index (χ1) is 11.7. The normalized spacial score (nSPS) is 18.2. The van der Waals surface area contributed by atoms with Gasteiger partial charge in [0.2, 0.25) is 0 Å². The van der Waals surface area contributed by atoms with E-state index in [1.165, 1.54) is 5.56 Å². The van der Waals surface area contributed by atoms with E-state index in [9.17, 15) is 0 Å². The van der Waals surface area contributed by atoms with Gasteiger partial charge in [-0.1, -0.05) is 41.9 Å². The van der Waals surface area contributed by atoms with Crippen LogP contribution in [-0.2, 0) is 6.42 Å². The number of nitrogens with zero attached hydrogens (tertiary/aromatic N) is 2. The average molecular weight is 342 g/mol. The second-order valence-electron chi connectivity index (χ2n) is 6.32. The highest BCUT2D eigenvalue weighted by atomic mass is 35.5. The summed E-state index contributed by atoms with van der Waals surface area (Å²) in [6, 6.07) is 15.3. The monoisotopic (exact) mass is 341 g/mol. The van der Waals surface area contributed by atoms with E-state index in [1.807, 2.05) is 30.3 Å². The summed E-state index contributed by atoms with van der Waals surface area (Å²) in [6.07, 6.45) is 0.781. The Balaban J connectivity index is 1.74. The van der Waals surface area contributed by atoms with Gasteiger partial charge in [-0.2, -0.15) is 4.98 Å². The highest BCUT2D eigenvalue weighted by Gasteiger charge is 2.23. The minimum absolute atomic E-state index is 0.361. The van der Waals surface area contributed by atoms with Crippen LogP contribution in [0.25, 0.3) is 11.1 Å². The lowest BCUT2D eigenvalue weighted by Crippen LogP contribution is -2.50. The van der Waals surface area contributed by atoms with Gasteiger partial charge in [-0.3, -0.25) is 0 Å². The molecule has 4 rings (SSSR count). The average Bonchev–Trinajstić information content (AvgIpc) is 3.00. The van der Waals surface area contributed by atoms with Crippen LogP contribution in [0.3, 0.4) is 0 Å². The van der Waals surface area contributed by atoms with Gasteiger partial charge < -0.3 is 14.6 Å². The Kier molecular flexibility index (Phi) is 4.17. The Labute approximate surface area is 146 Å². The molecule has 2 aromatic carbocycles. The van der Waals surface area contributed by atoms with Gasteiger partial charge in [0, 0.05) is 42.7 Å². The van der Waals surface area contributed by atoms with Crippen LogP contribution in [-0.4, -0.2) is 30.7 Å². The number of piperazine rings is 1. The summed E-state index contributed by atoms with van der Waals surface area (Å²) in [5, 5.41) is 4.08. The van der Waals surface area contributed by atoms with Gasteiger partial charge in [0.1, 0.15) is 5.52 Å². The predicted molar refractivity (Wildman–Crippen MR) is 97.9 cm³/mol. The molecule has 1 aromatic heterocycles. The molecule has 1 unspecified atom stereocenters. The van der Waals surface area contributed by atoms with Crippen LogP contribution < -0.4 is 10.2 Å². The Bertz CT molecular complexity index is 846. The lowest BCUT2D eigenvalue weighted by Gasteiger charge is -2.32. The molecule has 24 heavy (non-hydrogen) atoms. The van der Waals surface area contributed by atoms with E-state index in [4.69, 9.17) is 21.0 Å². The van der Waals surface area contributed by atoms with Crippen LogP contribution in [0.4, 0.5) is 6.01 Å². The lowest BCUT2D eigenvalue weighted by atomic mass is 10.0. The maximum Gasteiger partial charge on any atom is 0.298 e. The van der Waals surface area contributed by atoms with E-state index in [0.29, 0.717) is 17.1 Å². The second-order valence-corrected chi connectivity index (χ2v) is 6.75. The highest BCUT2D eigenvalue weighted by molar-refractivity contribution is 6.31. The minimum Gasteiger partial charge on any atom is -0.423 e. The minimum atomic E-state index is 0.361. The van der Waals surface area contributed by atoms with Gasteiger partial charge in [-0.05, 0) is 24.6 Å². The van der Waals surface area contributed by atoms with Crippen molar-refractivity contribution in [1.82, 2.24) is 10.3 Å². The van der Waals surface area contributed by atoms with E-state index < -0.39 is 0 Å². The molecule has 2 heterocycles. The van der Waals surface area contributed by atoms with Crippen LogP contribution in [0, 0.1) is 0 Å². The number of fused-ring (bicyclic) bond motifs is 1. The molecule has 1 saturated heterocycles. The summed E-state index contributed by atoms with van der Waals surface area (Å²) in [5.74, 6) is 0. The molecule has 0 saturated carbocycles. The summed E-state index contributed by atoms with van der Waals surface area (Å²) in [6.45, 7) is 4.96. The molecule has 5 heteroatoms. The Hall–Kier alpha value is -2.04. The number of hydrogen-bond donors (Lipinski definition) is 1. The molecule has 0 bridgehead atoms. The van der Waals surface area contributed by atoms with Crippen molar-refractivity contribution in [2.75, 3.05) is 24.5 Å². The third-order valence-corrected chi connectivity index (χ3v) is 4.72. The number of rotatable bonds is 3. The molecule has 1 N–H and O–H groups in total. The number of oxazole rings is 1. The molecule has 0 radical (unpaired) electrons. The topological polar surface area (TPSA) is 41.3 Å². The molecule has 1 atom stereocenters. The molecular weight excluding hydrogens is 322 g/mol. The van der Waals surface area contributed by atoms with E-state index in [0.717, 1.165) is 42.7 Å². The first-order valence-electron chi connectivity index (χ1n) is 8.31. The van der Waals surface area contributed by atoms with Crippen LogP contribution >= 0.6 is 11.6 Å². The Morgan fingerprint density at radius 3 is 2.92 bits per heavy atom. The van der Waals surface area contributed by atoms with Gasteiger partial charge in [0.25, 0.3) is 6.01 Å². The maximum absolute atomic E-state index is 6.31. The fourth-order valence-corrected chi connectivity index (χ4v) is 3.48. The van der Waals surface area contributed by atoms with Crippen LogP contribution in [0.15, 0.2) is 46.9 Å². The SMILES string of the molecule is CC1CNCCN1c1nc2cc(Cl)cc(Cc3ccccc3)c2o1. The summed E-state index contributed by atoms with van der Waals surface area (Å²) in [7, 11) is 0. The number of halogens is 1. The zero-order valence-electron chi connectivity index (χ0n) is 13.6. The van der Waals surface area contributed by atoms with Crippen molar-refractivity contribution in [1.29, 1.82) is 0 Å². The summed E-state index contributed by atoms with van der Waals surface area (Å²) in [4.78, 5) is 6.92. The molecule has 3 aromatic rings. The van der Waals surface area contributed by atoms with Crippen molar-refractivity contribution in [3.63, 3.8) is 0 Å². The lowest BCUT2D eigenvalue weighted by molar-refractivity contribution is 0.455. The largest absolute Gasteiger partial charge is 0.423 e. The number of benzene rings is 2. The molecule has 4 nitrogen and oxygen atoms in total. The van der Waals surface area contributed by atoms with Gasteiger partial charge in [-0.25, -0.2) is 0 Å². The molecule has 1 aliphatic rings. The van der Waals surface area contributed by atoms with E-state index >= 15 is 0 Å². The number of hydrogen-bond acceptors (Lipinski definition) is 4. The van der Waals surface area contributed by atoms with Gasteiger partial charge in [0.05, 0.1) is 0 Å². The third kappa shape index (κ3) is 2.99. The van der Waals surface area contributed by atoms with E-state index in [-0.39, 0.29) is 0 Å². The first kappa shape index (κ1) is 15.5. The van der Waals surface area contributed by atoms with Crippen LogP contribution in [0.5, 0.6) is 0 Å². The number of anilines is 1. The van der Waals surface area contributed by atoms with Gasteiger partial charge >= 0.3 is 0 Å². The second kappa shape index (κ2) is 6.46. The van der Waals surface area contributed by atoms with Crippen molar-refractivity contribution in [2.24, 2.45) is 0 Å². The smallest absolute Gasteiger partial charge is 0.298 e. The van der Waals surface area contributed by atoms with Crippen LogP contribution in [0.1, 0.15) is 18.1 Å². The zero-order valence-corrected chi connectivity index (χ0v) is 14.4. The van der Waals surface area contributed by atoms with Crippen molar-refractivity contribution in [3.05, 3.63) is 58.6 Å². The molecular formula is C19H20ClN3O. The first-order valence-corrected chi connectivity index (χ1v) is 8.69. The van der Waals surface area contributed by atoms with Crippen molar-refractivity contribution < 1.29 is 4.42 Å². The zero-order chi connectivity index (χ0) is 16.5. The quantitative estimate of drug-likeness (QED) is 0.785. The van der Waals surface area contributed by atoms with Gasteiger partial charge in [0.15, 0.2) is 5.58 Å². The Morgan fingerprint density at radius 1 is 1.29 bits per heavy atom. The molecule has 0 spiro atoms. The van der Waals surface area contributed by atoms with E-state index in [2.05, 4.69) is 29.3 Å².